The molecule has 1 aromatic rings. The van der Waals surface area contributed by atoms with Crippen molar-refractivity contribution in [3.05, 3.63) is 29.3 Å². The van der Waals surface area contributed by atoms with Crippen LogP contribution in [0.15, 0.2) is 18.2 Å². The largest absolute Gasteiger partial charge is 0.508 e. The average Bonchev–Trinajstić information content (AvgIpc) is 2.17. The van der Waals surface area contributed by atoms with Gasteiger partial charge >= 0.3 is 0 Å². The van der Waals surface area contributed by atoms with Gasteiger partial charge in [0.15, 0.2) is 0 Å². The van der Waals surface area contributed by atoms with Crippen molar-refractivity contribution in [2.45, 2.75) is 25.2 Å². The van der Waals surface area contributed by atoms with Crippen LogP contribution in [0.1, 0.15) is 29.9 Å². The highest BCUT2D eigenvalue weighted by molar-refractivity contribution is 5.38. The topological polar surface area (TPSA) is 46.2 Å². The van der Waals surface area contributed by atoms with Crippen LogP contribution in [0.5, 0.6) is 5.75 Å². The van der Waals surface area contributed by atoms with Crippen LogP contribution in [0.4, 0.5) is 0 Å². The summed E-state index contributed by atoms with van der Waals surface area (Å²) >= 11 is 0. The van der Waals surface area contributed by atoms with E-state index in [0.29, 0.717) is 18.2 Å². The summed E-state index contributed by atoms with van der Waals surface area (Å²) in [5.41, 5.74) is 8.31. The molecule has 70 valence electrons. The lowest BCUT2D eigenvalue weighted by molar-refractivity contribution is 0.470. The van der Waals surface area contributed by atoms with Crippen LogP contribution < -0.4 is 5.73 Å². The SMILES string of the molecule is NCC1CCCc2ccc(O)cc21. The zero-order valence-corrected chi connectivity index (χ0v) is 7.66. The highest BCUT2D eigenvalue weighted by atomic mass is 16.3. The number of benzene rings is 1. The van der Waals surface area contributed by atoms with E-state index in [2.05, 4.69) is 0 Å². The minimum Gasteiger partial charge on any atom is -0.508 e. The van der Waals surface area contributed by atoms with E-state index in [0.717, 1.165) is 12.8 Å². The first-order valence-corrected chi connectivity index (χ1v) is 4.83. The highest BCUT2D eigenvalue weighted by Crippen LogP contribution is 2.32. The van der Waals surface area contributed by atoms with Gasteiger partial charge in [-0.2, -0.15) is 0 Å². The summed E-state index contributed by atoms with van der Waals surface area (Å²) in [4.78, 5) is 0. The zero-order valence-electron chi connectivity index (χ0n) is 7.66. The number of rotatable bonds is 1. The smallest absolute Gasteiger partial charge is 0.115 e. The standard InChI is InChI=1S/C11H15NO/c12-7-9-3-1-2-8-4-5-10(13)6-11(8)9/h4-6,9,13H,1-3,7,12H2. The fraction of sp³-hybridized carbons (Fsp3) is 0.455. The number of phenols is 1. The molecule has 1 aliphatic rings. The Labute approximate surface area is 78.4 Å². The summed E-state index contributed by atoms with van der Waals surface area (Å²) in [5.74, 6) is 0.815. The van der Waals surface area contributed by atoms with E-state index >= 15 is 0 Å². The molecule has 0 saturated heterocycles. The fourth-order valence-corrected chi connectivity index (χ4v) is 2.13. The highest BCUT2D eigenvalue weighted by Gasteiger charge is 2.18. The van der Waals surface area contributed by atoms with E-state index in [1.807, 2.05) is 12.1 Å². The predicted molar refractivity (Wildman–Crippen MR) is 52.8 cm³/mol. The maximum Gasteiger partial charge on any atom is 0.115 e. The van der Waals surface area contributed by atoms with Crippen molar-refractivity contribution in [1.82, 2.24) is 0 Å². The predicted octanol–water partition coefficient (Wildman–Crippen LogP) is 1.77. The molecule has 0 bridgehead atoms. The summed E-state index contributed by atoms with van der Waals surface area (Å²) in [7, 11) is 0. The molecule has 0 saturated carbocycles. The molecule has 3 N–H and O–H groups in total. The summed E-state index contributed by atoms with van der Waals surface area (Å²) < 4.78 is 0. The van der Waals surface area contributed by atoms with E-state index in [1.165, 1.54) is 17.5 Å². The molecule has 1 unspecified atom stereocenters. The summed E-state index contributed by atoms with van der Waals surface area (Å²) in [6, 6.07) is 5.65. The summed E-state index contributed by atoms with van der Waals surface area (Å²) in [5, 5.41) is 9.36. The molecule has 1 aliphatic carbocycles. The molecule has 2 heteroatoms. The van der Waals surface area contributed by atoms with Crippen molar-refractivity contribution in [3.63, 3.8) is 0 Å². The van der Waals surface area contributed by atoms with Crippen LogP contribution in [0, 0.1) is 0 Å². The molecule has 1 atom stereocenters. The molecule has 0 aromatic heterocycles. The third-order valence-corrected chi connectivity index (χ3v) is 2.85. The number of fused-ring (bicyclic) bond motifs is 1. The van der Waals surface area contributed by atoms with Gasteiger partial charge in [0.1, 0.15) is 5.75 Å². The Morgan fingerprint density at radius 2 is 2.31 bits per heavy atom. The molecule has 0 radical (unpaired) electrons. The monoisotopic (exact) mass is 177 g/mol. The third-order valence-electron chi connectivity index (χ3n) is 2.85. The third kappa shape index (κ3) is 1.54. The maximum atomic E-state index is 9.36. The van der Waals surface area contributed by atoms with Gasteiger partial charge in [0.2, 0.25) is 0 Å². The maximum absolute atomic E-state index is 9.36. The molecular weight excluding hydrogens is 162 g/mol. The van der Waals surface area contributed by atoms with Gasteiger partial charge < -0.3 is 10.8 Å². The molecule has 0 spiro atoms. The normalized spacial score (nSPS) is 21.2. The molecule has 0 heterocycles. The summed E-state index contributed by atoms with van der Waals surface area (Å²) in [6.07, 6.45) is 3.51. The first-order valence-electron chi connectivity index (χ1n) is 4.83. The van der Waals surface area contributed by atoms with Crippen LogP contribution in [-0.2, 0) is 6.42 Å². The van der Waals surface area contributed by atoms with E-state index in [1.54, 1.807) is 6.07 Å². The molecule has 0 amide bonds. The lowest BCUT2D eigenvalue weighted by atomic mass is 9.83. The Balaban J connectivity index is 2.41. The van der Waals surface area contributed by atoms with Gasteiger partial charge in [-0.3, -0.25) is 0 Å². The number of hydrogen-bond acceptors (Lipinski definition) is 2. The van der Waals surface area contributed by atoms with E-state index in [-0.39, 0.29) is 0 Å². The van der Waals surface area contributed by atoms with Crippen LogP contribution >= 0.6 is 0 Å². The van der Waals surface area contributed by atoms with Crippen LogP contribution in [-0.4, -0.2) is 11.7 Å². The van der Waals surface area contributed by atoms with Gasteiger partial charge in [0, 0.05) is 0 Å². The second kappa shape index (κ2) is 3.38. The molecule has 2 rings (SSSR count). The van der Waals surface area contributed by atoms with Crippen molar-refractivity contribution in [2.24, 2.45) is 5.73 Å². The molecule has 0 fully saturated rings. The Kier molecular flexibility index (Phi) is 2.23. The van der Waals surface area contributed by atoms with Crippen molar-refractivity contribution in [1.29, 1.82) is 0 Å². The van der Waals surface area contributed by atoms with Crippen molar-refractivity contribution in [2.75, 3.05) is 6.54 Å². The Hall–Kier alpha value is -1.02. The van der Waals surface area contributed by atoms with Crippen molar-refractivity contribution >= 4 is 0 Å². The quantitative estimate of drug-likeness (QED) is 0.686. The van der Waals surface area contributed by atoms with Gasteiger partial charge in [0.05, 0.1) is 0 Å². The van der Waals surface area contributed by atoms with E-state index in [4.69, 9.17) is 5.73 Å². The minimum absolute atomic E-state index is 0.360. The molecule has 1 aromatic carbocycles. The first kappa shape index (κ1) is 8.57. The second-order valence-corrected chi connectivity index (χ2v) is 3.71. The molecule has 2 nitrogen and oxygen atoms in total. The molecular formula is C11H15NO. The van der Waals surface area contributed by atoms with Crippen LogP contribution in [0.2, 0.25) is 0 Å². The lowest BCUT2D eigenvalue weighted by Crippen LogP contribution is -2.17. The average molecular weight is 177 g/mol. The van der Waals surface area contributed by atoms with Crippen LogP contribution in [0.3, 0.4) is 0 Å². The molecule has 0 aliphatic heterocycles. The van der Waals surface area contributed by atoms with Gasteiger partial charge in [-0.1, -0.05) is 6.07 Å². The first-order chi connectivity index (χ1) is 6.31. The minimum atomic E-state index is 0.360. The Morgan fingerprint density at radius 1 is 1.46 bits per heavy atom. The number of hydrogen-bond donors (Lipinski definition) is 2. The molecule has 13 heavy (non-hydrogen) atoms. The van der Waals surface area contributed by atoms with E-state index < -0.39 is 0 Å². The van der Waals surface area contributed by atoms with Crippen LogP contribution in [0.25, 0.3) is 0 Å². The van der Waals surface area contributed by atoms with E-state index in [9.17, 15) is 5.11 Å². The van der Waals surface area contributed by atoms with Gasteiger partial charge in [-0.15, -0.1) is 0 Å². The second-order valence-electron chi connectivity index (χ2n) is 3.71. The number of aromatic hydroxyl groups is 1. The van der Waals surface area contributed by atoms with Crippen molar-refractivity contribution in [3.8, 4) is 5.75 Å². The number of aryl methyl sites for hydroxylation is 1. The summed E-state index contributed by atoms with van der Waals surface area (Å²) in [6.45, 7) is 0.691. The zero-order chi connectivity index (χ0) is 9.26. The Morgan fingerprint density at radius 3 is 3.08 bits per heavy atom. The fourth-order valence-electron chi connectivity index (χ4n) is 2.13. The van der Waals surface area contributed by atoms with Crippen molar-refractivity contribution < 1.29 is 5.11 Å². The van der Waals surface area contributed by atoms with Gasteiger partial charge in [-0.25, -0.2) is 0 Å². The van der Waals surface area contributed by atoms with Gasteiger partial charge in [0.25, 0.3) is 0 Å². The Bertz CT molecular complexity index is 309. The number of phenolic OH excluding ortho intramolecular Hbond substituents is 1. The lowest BCUT2D eigenvalue weighted by Gasteiger charge is -2.24. The van der Waals surface area contributed by atoms with Gasteiger partial charge in [-0.05, 0) is 55.0 Å². The number of nitrogens with two attached hydrogens (primary N) is 1.